The Morgan fingerprint density at radius 1 is 0.568 bits per heavy atom. The minimum atomic E-state index is -0.279. The molecule has 1 aliphatic rings. The maximum Gasteiger partial charge on any atom is 0.261 e. The van der Waals surface area contributed by atoms with E-state index in [0.29, 0.717) is 88.5 Å². The first-order chi connectivity index (χ1) is 18.2. The smallest absolute Gasteiger partial charge is 0.261 e. The van der Waals surface area contributed by atoms with E-state index in [2.05, 4.69) is 0 Å². The van der Waals surface area contributed by atoms with Gasteiger partial charge in [0, 0.05) is 5.56 Å². The lowest BCUT2D eigenvalue weighted by Gasteiger charge is -2.13. The third-order valence-corrected chi connectivity index (χ3v) is 5.34. The van der Waals surface area contributed by atoms with Crippen molar-refractivity contribution in [1.82, 2.24) is 4.90 Å². The van der Waals surface area contributed by atoms with Crippen molar-refractivity contribution in [3.63, 3.8) is 0 Å². The molecule has 2 aromatic carbocycles. The van der Waals surface area contributed by atoms with Gasteiger partial charge in [-0.1, -0.05) is 12.1 Å². The van der Waals surface area contributed by atoms with E-state index in [9.17, 15) is 14.4 Å². The van der Waals surface area contributed by atoms with Gasteiger partial charge >= 0.3 is 0 Å². The fourth-order valence-electron chi connectivity index (χ4n) is 3.44. The molecule has 200 valence electrons. The van der Waals surface area contributed by atoms with E-state index in [1.807, 2.05) is 0 Å². The average molecular weight is 516 g/mol. The van der Waals surface area contributed by atoms with Crippen molar-refractivity contribution in [1.29, 1.82) is 0 Å². The Kier molecular flexibility index (Phi) is 12.7. The lowest BCUT2D eigenvalue weighted by atomic mass is 10.1. The molecule has 0 aromatic heterocycles. The number of carbonyl (C=O) groups excluding carboxylic acids is 3. The van der Waals surface area contributed by atoms with E-state index in [-0.39, 0.29) is 25.0 Å². The second kappa shape index (κ2) is 16.6. The van der Waals surface area contributed by atoms with Crippen LogP contribution in [0.15, 0.2) is 48.5 Å². The van der Waals surface area contributed by atoms with Gasteiger partial charge in [-0.2, -0.15) is 0 Å². The number of fused-ring (bicyclic) bond motifs is 1. The van der Waals surface area contributed by atoms with Gasteiger partial charge in [-0.3, -0.25) is 19.3 Å². The Morgan fingerprint density at radius 2 is 1.00 bits per heavy atom. The Morgan fingerprint density at radius 3 is 1.46 bits per heavy atom. The van der Waals surface area contributed by atoms with E-state index in [0.717, 1.165) is 6.29 Å². The van der Waals surface area contributed by atoms with E-state index >= 15 is 0 Å². The third kappa shape index (κ3) is 9.67. The molecule has 2 amide bonds. The van der Waals surface area contributed by atoms with Crippen molar-refractivity contribution in [3.8, 4) is 5.75 Å². The zero-order valence-electron chi connectivity index (χ0n) is 20.8. The topological polar surface area (TPSA) is 110 Å². The van der Waals surface area contributed by atoms with Crippen LogP contribution in [0.5, 0.6) is 5.75 Å². The number of aldehydes is 1. The average Bonchev–Trinajstić information content (AvgIpc) is 3.17. The van der Waals surface area contributed by atoms with Crippen LogP contribution in [0.4, 0.5) is 0 Å². The summed E-state index contributed by atoms with van der Waals surface area (Å²) in [4.78, 5) is 36.3. The van der Waals surface area contributed by atoms with E-state index in [1.165, 1.54) is 4.90 Å². The van der Waals surface area contributed by atoms with Crippen molar-refractivity contribution in [2.45, 2.75) is 0 Å². The molecule has 3 rings (SSSR count). The van der Waals surface area contributed by atoms with Gasteiger partial charge in [-0.05, 0) is 36.4 Å². The lowest BCUT2D eigenvalue weighted by molar-refractivity contribution is -0.0133. The summed E-state index contributed by atoms with van der Waals surface area (Å²) in [6.07, 6.45) is 0.790. The highest BCUT2D eigenvalue weighted by Gasteiger charge is 2.34. The SMILES string of the molecule is O=Cc1ccc(OCCOCCOCCOCCOCCOCCN2C(=O)c3ccccc3C2=O)cc1. The largest absolute Gasteiger partial charge is 0.491 e. The van der Waals surface area contributed by atoms with Crippen LogP contribution in [-0.2, 0) is 23.7 Å². The molecule has 2 aromatic rings. The molecule has 10 heteroatoms. The number of ether oxygens (including phenoxy) is 6. The first-order valence-electron chi connectivity index (χ1n) is 12.2. The summed E-state index contributed by atoms with van der Waals surface area (Å²) in [5.74, 6) is 0.136. The van der Waals surface area contributed by atoms with Gasteiger partial charge in [-0.15, -0.1) is 0 Å². The fraction of sp³-hybridized carbons (Fsp3) is 0.444. The molecule has 1 aliphatic heterocycles. The molecule has 1 heterocycles. The summed E-state index contributed by atoms with van der Waals surface area (Å²) >= 11 is 0. The van der Waals surface area contributed by atoms with E-state index in [1.54, 1.807) is 48.5 Å². The van der Waals surface area contributed by atoms with Crippen molar-refractivity contribution in [2.75, 3.05) is 79.2 Å². The summed E-state index contributed by atoms with van der Waals surface area (Å²) in [5, 5.41) is 0. The highest BCUT2D eigenvalue weighted by Crippen LogP contribution is 2.21. The minimum Gasteiger partial charge on any atom is -0.491 e. The predicted molar refractivity (Wildman–Crippen MR) is 133 cm³/mol. The highest BCUT2D eigenvalue weighted by atomic mass is 16.6. The Labute approximate surface area is 216 Å². The molecule has 0 atom stereocenters. The van der Waals surface area contributed by atoms with E-state index < -0.39 is 0 Å². The number of benzene rings is 2. The standard InChI is InChI=1S/C27H33NO9/c29-21-22-5-7-23(8-6-22)37-20-19-36-18-17-35-16-15-34-14-13-33-12-11-32-10-9-28-26(30)24-3-1-2-4-25(24)27(28)31/h1-8,21H,9-20H2. The predicted octanol–water partition coefficient (Wildman–Crippen LogP) is 2.26. The van der Waals surface area contributed by atoms with Crippen molar-refractivity contribution in [3.05, 3.63) is 65.2 Å². The van der Waals surface area contributed by atoms with Gasteiger partial charge in [0.25, 0.3) is 11.8 Å². The van der Waals surface area contributed by atoms with Gasteiger partial charge in [0.15, 0.2) is 0 Å². The number of amides is 2. The third-order valence-electron chi connectivity index (χ3n) is 5.34. The number of hydrogen-bond acceptors (Lipinski definition) is 9. The molecule has 10 nitrogen and oxygen atoms in total. The maximum absolute atomic E-state index is 12.3. The van der Waals surface area contributed by atoms with Gasteiger partial charge in [0.2, 0.25) is 0 Å². The first-order valence-corrected chi connectivity index (χ1v) is 12.2. The maximum atomic E-state index is 12.3. The number of nitrogens with zero attached hydrogens (tertiary/aromatic N) is 1. The Balaban J connectivity index is 1.04. The molecule has 0 fully saturated rings. The van der Waals surface area contributed by atoms with Crippen molar-refractivity contribution >= 4 is 18.1 Å². The normalized spacial score (nSPS) is 12.7. The number of carbonyl (C=O) groups is 3. The van der Waals surface area contributed by atoms with Crippen LogP contribution in [0, 0.1) is 0 Å². The minimum absolute atomic E-state index is 0.214. The second-order valence-corrected chi connectivity index (χ2v) is 7.90. The number of hydrogen-bond donors (Lipinski definition) is 0. The fourth-order valence-corrected chi connectivity index (χ4v) is 3.44. The van der Waals surface area contributed by atoms with Gasteiger partial charge < -0.3 is 28.4 Å². The molecule has 0 saturated carbocycles. The van der Waals surface area contributed by atoms with Gasteiger partial charge in [0.05, 0.1) is 83.7 Å². The van der Waals surface area contributed by atoms with E-state index in [4.69, 9.17) is 28.4 Å². The summed E-state index contributed by atoms with van der Waals surface area (Å²) in [5.41, 5.74) is 1.49. The van der Waals surface area contributed by atoms with Crippen LogP contribution in [0.1, 0.15) is 31.1 Å². The summed E-state index contributed by atoms with van der Waals surface area (Å²) in [6, 6.07) is 13.7. The van der Waals surface area contributed by atoms with Gasteiger partial charge in [-0.25, -0.2) is 0 Å². The van der Waals surface area contributed by atoms with Crippen molar-refractivity contribution in [2.24, 2.45) is 0 Å². The highest BCUT2D eigenvalue weighted by molar-refractivity contribution is 6.21. The lowest BCUT2D eigenvalue weighted by Crippen LogP contribution is -2.33. The molecule has 0 unspecified atom stereocenters. The second-order valence-electron chi connectivity index (χ2n) is 7.90. The number of rotatable bonds is 20. The molecular formula is C27H33NO9. The zero-order valence-corrected chi connectivity index (χ0v) is 20.8. The van der Waals surface area contributed by atoms with Crippen LogP contribution in [0.2, 0.25) is 0 Å². The first kappa shape index (κ1) is 28.4. The molecule has 37 heavy (non-hydrogen) atoms. The van der Waals surface area contributed by atoms with Crippen LogP contribution in [0.25, 0.3) is 0 Å². The quantitative estimate of drug-likeness (QED) is 0.149. The summed E-state index contributed by atoms with van der Waals surface area (Å²) in [6.45, 7) is 4.82. The monoisotopic (exact) mass is 515 g/mol. The van der Waals surface area contributed by atoms with Crippen LogP contribution < -0.4 is 4.74 Å². The molecule has 0 radical (unpaired) electrons. The molecule has 0 N–H and O–H groups in total. The van der Waals surface area contributed by atoms with Gasteiger partial charge in [0.1, 0.15) is 18.6 Å². The van der Waals surface area contributed by atoms with Crippen LogP contribution in [-0.4, -0.2) is 102 Å². The Hall–Kier alpha value is -3.15. The molecule has 0 saturated heterocycles. The number of imide groups is 1. The van der Waals surface area contributed by atoms with Crippen LogP contribution >= 0.6 is 0 Å². The molecule has 0 spiro atoms. The van der Waals surface area contributed by atoms with Crippen LogP contribution in [0.3, 0.4) is 0 Å². The molecule has 0 bridgehead atoms. The summed E-state index contributed by atoms with van der Waals surface area (Å²) < 4.78 is 32.7. The molecular weight excluding hydrogens is 482 g/mol. The van der Waals surface area contributed by atoms with Crippen molar-refractivity contribution < 1.29 is 42.8 Å². The molecule has 0 aliphatic carbocycles. The summed E-state index contributed by atoms with van der Waals surface area (Å²) in [7, 11) is 0. The zero-order chi connectivity index (χ0) is 26.1. The Bertz CT molecular complexity index is 945.